The zero-order valence-corrected chi connectivity index (χ0v) is 11.0. The molecule has 0 aliphatic heterocycles. The number of hydrogen-bond donors (Lipinski definition) is 1. The number of hydrogen-bond acceptors (Lipinski definition) is 3. The molecule has 1 heterocycles. The van der Waals surface area contributed by atoms with Crippen molar-refractivity contribution in [2.24, 2.45) is 5.73 Å². The first-order valence-corrected chi connectivity index (χ1v) is 6.01. The molecule has 0 fully saturated rings. The van der Waals surface area contributed by atoms with Gasteiger partial charge in [-0.3, -0.25) is 9.78 Å². The van der Waals surface area contributed by atoms with Gasteiger partial charge in [-0.1, -0.05) is 24.3 Å². The molecule has 0 bridgehead atoms. The number of nitrogens with zero attached hydrogens (tertiary/aromatic N) is 1. The second kappa shape index (κ2) is 5.63. The Balaban J connectivity index is 2.32. The van der Waals surface area contributed by atoms with Crippen LogP contribution in [0.2, 0.25) is 0 Å². The smallest absolute Gasteiger partial charge is 0.248 e. The maximum Gasteiger partial charge on any atom is 0.248 e. The van der Waals surface area contributed by atoms with Crippen molar-refractivity contribution >= 4 is 5.91 Å². The van der Waals surface area contributed by atoms with E-state index in [1.807, 2.05) is 31.2 Å². The largest absolute Gasteiger partial charge is 0.377 e. The van der Waals surface area contributed by atoms with E-state index in [9.17, 15) is 4.79 Å². The quantitative estimate of drug-likeness (QED) is 0.914. The fraction of sp³-hybridized carbons (Fsp3) is 0.200. The second-order valence-electron chi connectivity index (χ2n) is 4.29. The number of primary amides is 1. The van der Waals surface area contributed by atoms with E-state index in [-0.39, 0.29) is 6.10 Å². The van der Waals surface area contributed by atoms with Crippen LogP contribution in [0.15, 0.2) is 42.6 Å². The lowest BCUT2D eigenvalue weighted by molar-refractivity contribution is 0.1000. The van der Waals surface area contributed by atoms with Gasteiger partial charge in [0.15, 0.2) is 0 Å². The highest BCUT2D eigenvalue weighted by atomic mass is 16.5. The number of pyridine rings is 1. The minimum absolute atomic E-state index is 0.0546. The highest BCUT2D eigenvalue weighted by Crippen LogP contribution is 2.22. The van der Waals surface area contributed by atoms with Gasteiger partial charge in [-0.15, -0.1) is 0 Å². The van der Waals surface area contributed by atoms with Gasteiger partial charge in [0, 0.05) is 24.4 Å². The van der Waals surface area contributed by atoms with E-state index >= 15 is 0 Å². The van der Waals surface area contributed by atoms with Gasteiger partial charge >= 0.3 is 0 Å². The van der Waals surface area contributed by atoms with Crippen LogP contribution in [0.1, 0.15) is 28.9 Å². The van der Waals surface area contributed by atoms with E-state index in [2.05, 4.69) is 4.98 Å². The van der Waals surface area contributed by atoms with Crippen molar-refractivity contribution < 1.29 is 9.53 Å². The summed E-state index contributed by atoms with van der Waals surface area (Å²) in [5, 5.41) is 0. The molecule has 1 aromatic carbocycles. The summed E-state index contributed by atoms with van der Waals surface area (Å²) in [5.74, 6) is -0.451. The molecule has 0 saturated carbocycles. The third-order valence-corrected chi connectivity index (χ3v) is 3.07. The SMILES string of the molecule is CO[C@@H](C)c1ccc(-c2cc(C(N)=O)ccn2)cc1. The zero-order valence-electron chi connectivity index (χ0n) is 11.0. The fourth-order valence-corrected chi connectivity index (χ4v) is 1.80. The summed E-state index contributed by atoms with van der Waals surface area (Å²) >= 11 is 0. The Labute approximate surface area is 112 Å². The van der Waals surface area contributed by atoms with Gasteiger partial charge in [0.25, 0.3) is 0 Å². The first-order chi connectivity index (χ1) is 9.11. The molecular formula is C15H16N2O2. The third-order valence-electron chi connectivity index (χ3n) is 3.07. The van der Waals surface area contributed by atoms with Crippen LogP contribution in [0.3, 0.4) is 0 Å². The first kappa shape index (κ1) is 13.2. The van der Waals surface area contributed by atoms with Crippen LogP contribution in [0.4, 0.5) is 0 Å². The van der Waals surface area contributed by atoms with E-state index in [1.165, 1.54) is 0 Å². The van der Waals surface area contributed by atoms with E-state index < -0.39 is 5.91 Å². The minimum Gasteiger partial charge on any atom is -0.377 e. The molecule has 19 heavy (non-hydrogen) atoms. The monoisotopic (exact) mass is 256 g/mol. The minimum atomic E-state index is -0.451. The summed E-state index contributed by atoms with van der Waals surface area (Å²) in [5.41, 5.74) is 8.48. The standard InChI is InChI=1S/C15H16N2O2/c1-10(19-2)11-3-5-12(6-4-11)14-9-13(15(16)18)7-8-17-14/h3-10H,1-2H3,(H2,16,18)/t10-/m0/s1. The van der Waals surface area contributed by atoms with Gasteiger partial charge in [0.2, 0.25) is 5.91 Å². The van der Waals surface area contributed by atoms with Crippen molar-refractivity contribution in [3.05, 3.63) is 53.7 Å². The fourth-order valence-electron chi connectivity index (χ4n) is 1.80. The average molecular weight is 256 g/mol. The van der Waals surface area contributed by atoms with Gasteiger partial charge in [-0.2, -0.15) is 0 Å². The van der Waals surface area contributed by atoms with Crippen LogP contribution >= 0.6 is 0 Å². The molecular weight excluding hydrogens is 240 g/mol. The molecule has 2 rings (SSSR count). The van der Waals surface area contributed by atoms with Crippen molar-refractivity contribution in [3.63, 3.8) is 0 Å². The molecule has 0 unspecified atom stereocenters. The normalized spacial score (nSPS) is 12.1. The summed E-state index contributed by atoms with van der Waals surface area (Å²) < 4.78 is 5.26. The number of methoxy groups -OCH3 is 1. The van der Waals surface area contributed by atoms with Crippen LogP contribution in [0.5, 0.6) is 0 Å². The Hall–Kier alpha value is -2.20. The maximum absolute atomic E-state index is 11.1. The molecule has 4 heteroatoms. The molecule has 0 spiro atoms. The molecule has 0 aliphatic carbocycles. The van der Waals surface area contributed by atoms with E-state index in [0.29, 0.717) is 5.56 Å². The van der Waals surface area contributed by atoms with Gasteiger partial charge in [-0.05, 0) is 24.6 Å². The number of rotatable bonds is 4. The van der Waals surface area contributed by atoms with Crippen LogP contribution in [0.25, 0.3) is 11.3 Å². The van der Waals surface area contributed by atoms with Crippen molar-refractivity contribution in [2.75, 3.05) is 7.11 Å². The van der Waals surface area contributed by atoms with Crippen molar-refractivity contribution in [1.82, 2.24) is 4.98 Å². The number of ether oxygens (including phenoxy) is 1. The van der Waals surface area contributed by atoms with Gasteiger partial charge in [0.05, 0.1) is 11.8 Å². The maximum atomic E-state index is 11.1. The zero-order chi connectivity index (χ0) is 13.8. The summed E-state index contributed by atoms with van der Waals surface area (Å²) in [6, 6.07) is 11.2. The molecule has 2 N–H and O–H groups in total. The van der Waals surface area contributed by atoms with Crippen LogP contribution in [-0.2, 0) is 4.74 Å². The molecule has 1 atom stereocenters. The van der Waals surface area contributed by atoms with Crippen LogP contribution in [-0.4, -0.2) is 18.0 Å². The Morgan fingerprint density at radius 1 is 1.26 bits per heavy atom. The number of nitrogens with two attached hydrogens (primary N) is 1. The number of carbonyl (C=O) groups excluding carboxylic acids is 1. The molecule has 2 aromatic rings. The average Bonchev–Trinajstić information content (AvgIpc) is 2.46. The first-order valence-electron chi connectivity index (χ1n) is 6.01. The summed E-state index contributed by atoms with van der Waals surface area (Å²) in [7, 11) is 1.68. The van der Waals surface area contributed by atoms with Gasteiger partial charge in [0.1, 0.15) is 0 Å². The van der Waals surface area contributed by atoms with Gasteiger partial charge in [-0.25, -0.2) is 0 Å². The van der Waals surface area contributed by atoms with E-state index in [4.69, 9.17) is 10.5 Å². The molecule has 4 nitrogen and oxygen atoms in total. The number of amides is 1. The molecule has 0 saturated heterocycles. The lowest BCUT2D eigenvalue weighted by Crippen LogP contribution is -2.10. The van der Waals surface area contributed by atoms with E-state index in [1.54, 1.807) is 25.4 Å². The van der Waals surface area contributed by atoms with Crippen LogP contribution in [0, 0.1) is 0 Å². The number of aromatic nitrogens is 1. The van der Waals surface area contributed by atoms with Crippen LogP contribution < -0.4 is 5.73 Å². The summed E-state index contributed by atoms with van der Waals surface area (Å²) in [4.78, 5) is 15.4. The molecule has 1 aromatic heterocycles. The third kappa shape index (κ3) is 2.98. The number of benzene rings is 1. The summed E-state index contributed by atoms with van der Waals surface area (Å²) in [6.07, 6.45) is 1.64. The molecule has 98 valence electrons. The lowest BCUT2D eigenvalue weighted by Gasteiger charge is -2.10. The molecule has 1 amide bonds. The summed E-state index contributed by atoms with van der Waals surface area (Å²) in [6.45, 7) is 1.99. The Kier molecular flexibility index (Phi) is 3.92. The predicted octanol–water partition coefficient (Wildman–Crippen LogP) is 2.55. The van der Waals surface area contributed by atoms with Crippen molar-refractivity contribution in [2.45, 2.75) is 13.0 Å². The Morgan fingerprint density at radius 2 is 1.95 bits per heavy atom. The lowest BCUT2D eigenvalue weighted by atomic mass is 10.0. The number of carbonyl (C=O) groups is 1. The molecule has 0 radical (unpaired) electrons. The topological polar surface area (TPSA) is 65.2 Å². The highest BCUT2D eigenvalue weighted by molar-refractivity contribution is 5.93. The van der Waals surface area contributed by atoms with E-state index in [0.717, 1.165) is 16.8 Å². The second-order valence-corrected chi connectivity index (χ2v) is 4.29. The molecule has 0 aliphatic rings. The van der Waals surface area contributed by atoms with Crippen molar-refractivity contribution in [3.8, 4) is 11.3 Å². The van der Waals surface area contributed by atoms with Crippen molar-refractivity contribution in [1.29, 1.82) is 0 Å². The van der Waals surface area contributed by atoms with Gasteiger partial charge < -0.3 is 10.5 Å². The Morgan fingerprint density at radius 3 is 2.53 bits per heavy atom. The Bertz CT molecular complexity index is 579. The highest BCUT2D eigenvalue weighted by Gasteiger charge is 2.06. The predicted molar refractivity (Wildman–Crippen MR) is 73.6 cm³/mol.